The van der Waals surface area contributed by atoms with Crippen LogP contribution < -0.4 is 10.6 Å². The number of alkyl halides is 3. The number of hydrogen-bond acceptors (Lipinski definition) is 4. The van der Waals surface area contributed by atoms with Gasteiger partial charge in [-0.2, -0.15) is 13.2 Å². The molecule has 112 valence electrons. The number of hydrogen-bond donors (Lipinski definition) is 2. The molecule has 0 aliphatic carbocycles. The molecule has 0 radical (unpaired) electrons. The lowest BCUT2D eigenvalue weighted by Gasteiger charge is -2.30. The van der Waals surface area contributed by atoms with Crippen molar-refractivity contribution in [1.82, 2.24) is 15.5 Å². The molecule has 1 saturated heterocycles. The summed E-state index contributed by atoms with van der Waals surface area (Å²) in [6.45, 7) is 2.88. The Morgan fingerprint density at radius 3 is 2.79 bits per heavy atom. The van der Waals surface area contributed by atoms with Gasteiger partial charge in [0.05, 0.1) is 18.8 Å². The summed E-state index contributed by atoms with van der Waals surface area (Å²) in [4.78, 5) is 13.5. The topological polar surface area (TPSA) is 53.6 Å². The molecule has 2 atom stereocenters. The second-order valence-electron chi connectivity index (χ2n) is 4.72. The summed E-state index contributed by atoms with van der Waals surface area (Å²) in [7, 11) is 1.97. The molecule has 0 aromatic carbocycles. The van der Waals surface area contributed by atoms with E-state index in [9.17, 15) is 18.0 Å². The number of morpholine rings is 1. The van der Waals surface area contributed by atoms with Gasteiger partial charge in [0, 0.05) is 19.6 Å². The number of nitrogens with zero attached hydrogens (tertiary/aromatic N) is 1. The summed E-state index contributed by atoms with van der Waals surface area (Å²) in [6, 6.07) is -0.682. The van der Waals surface area contributed by atoms with Gasteiger partial charge in [0.1, 0.15) is 6.54 Å². The van der Waals surface area contributed by atoms with E-state index in [4.69, 9.17) is 4.74 Å². The Labute approximate surface area is 110 Å². The van der Waals surface area contributed by atoms with Gasteiger partial charge in [-0.15, -0.1) is 0 Å². The van der Waals surface area contributed by atoms with Crippen molar-refractivity contribution in [2.24, 2.45) is 0 Å². The fourth-order valence-electron chi connectivity index (χ4n) is 1.73. The van der Waals surface area contributed by atoms with Gasteiger partial charge in [0.2, 0.25) is 5.91 Å². The SMILES string of the molecule is C[C@@H](NC[C@@H]1CN(C)CCO1)C(=O)NCC(F)(F)F. The molecule has 0 bridgehead atoms. The van der Waals surface area contributed by atoms with Crippen molar-refractivity contribution in [3.05, 3.63) is 0 Å². The first-order chi connectivity index (χ1) is 8.78. The van der Waals surface area contributed by atoms with Gasteiger partial charge >= 0.3 is 6.18 Å². The van der Waals surface area contributed by atoms with Crippen LogP contribution >= 0.6 is 0 Å². The molecular weight excluding hydrogens is 263 g/mol. The number of ether oxygens (including phenoxy) is 1. The van der Waals surface area contributed by atoms with Crippen LogP contribution in [0.25, 0.3) is 0 Å². The van der Waals surface area contributed by atoms with Crippen LogP contribution in [-0.4, -0.2) is 69.0 Å². The first-order valence-corrected chi connectivity index (χ1v) is 6.16. The lowest BCUT2D eigenvalue weighted by atomic mass is 10.2. The summed E-state index contributed by atoms with van der Waals surface area (Å²) in [5.74, 6) is -0.665. The van der Waals surface area contributed by atoms with Crippen molar-refractivity contribution in [2.45, 2.75) is 25.2 Å². The van der Waals surface area contributed by atoms with Crippen LogP contribution in [0.2, 0.25) is 0 Å². The van der Waals surface area contributed by atoms with E-state index in [2.05, 4.69) is 10.2 Å². The minimum Gasteiger partial charge on any atom is -0.374 e. The summed E-state index contributed by atoms with van der Waals surface area (Å²) in [5, 5.41) is 4.72. The highest BCUT2D eigenvalue weighted by Crippen LogP contribution is 2.12. The molecule has 2 N–H and O–H groups in total. The molecular formula is C11H20F3N3O2. The molecule has 1 rings (SSSR count). The number of carbonyl (C=O) groups is 1. The zero-order valence-corrected chi connectivity index (χ0v) is 11.1. The first kappa shape index (κ1) is 16.2. The minimum absolute atomic E-state index is 0.0448. The fourth-order valence-corrected chi connectivity index (χ4v) is 1.73. The molecule has 1 amide bonds. The molecule has 5 nitrogen and oxygen atoms in total. The summed E-state index contributed by atoms with van der Waals surface area (Å²) >= 11 is 0. The van der Waals surface area contributed by atoms with Crippen molar-refractivity contribution in [3.8, 4) is 0 Å². The highest BCUT2D eigenvalue weighted by Gasteiger charge is 2.28. The summed E-state index contributed by atoms with van der Waals surface area (Å²) in [6.07, 6.45) is -4.43. The van der Waals surface area contributed by atoms with Crippen molar-refractivity contribution >= 4 is 5.91 Å². The number of amides is 1. The second-order valence-corrected chi connectivity index (χ2v) is 4.72. The molecule has 0 unspecified atom stereocenters. The monoisotopic (exact) mass is 283 g/mol. The van der Waals surface area contributed by atoms with Crippen molar-refractivity contribution < 1.29 is 22.7 Å². The predicted octanol–water partition coefficient (Wildman–Crippen LogP) is -0.0264. The van der Waals surface area contributed by atoms with E-state index in [0.717, 1.165) is 13.1 Å². The lowest BCUT2D eigenvalue weighted by molar-refractivity contribution is -0.139. The molecule has 1 aliphatic rings. The van der Waals surface area contributed by atoms with Gasteiger partial charge in [-0.3, -0.25) is 4.79 Å². The average Bonchev–Trinajstić information content (AvgIpc) is 2.32. The van der Waals surface area contributed by atoms with Gasteiger partial charge in [0.15, 0.2) is 0 Å². The van der Waals surface area contributed by atoms with E-state index in [-0.39, 0.29) is 6.10 Å². The molecule has 0 saturated carbocycles. The second kappa shape index (κ2) is 7.06. The standard InChI is InChI=1S/C11H20F3N3O2/c1-8(10(18)16-7-11(12,13)14)15-5-9-6-17(2)3-4-19-9/h8-9,15H,3-7H2,1-2H3,(H,16,18)/t8-,9-/m1/s1. The Bertz CT molecular complexity index is 299. The highest BCUT2D eigenvalue weighted by molar-refractivity contribution is 5.81. The van der Waals surface area contributed by atoms with Crippen LogP contribution in [0.15, 0.2) is 0 Å². The zero-order valence-electron chi connectivity index (χ0n) is 11.1. The molecule has 1 fully saturated rings. The predicted molar refractivity (Wildman–Crippen MR) is 63.8 cm³/mol. The third-order valence-electron chi connectivity index (χ3n) is 2.85. The number of halogens is 3. The van der Waals surface area contributed by atoms with E-state index in [1.54, 1.807) is 0 Å². The maximum absolute atomic E-state index is 11.9. The van der Waals surface area contributed by atoms with E-state index >= 15 is 0 Å². The average molecular weight is 283 g/mol. The van der Waals surface area contributed by atoms with Gasteiger partial charge in [-0.25, -0.2) is 0 Å². The number of rotatable bonds is 5. The maximum Gasteiger partial charge on any atom is 0.405 e. The van der Waals surface area contributed by atoms with Crippen LogP contribution in [0, 0.1) is 0 Å². The molecule has 1 heterocycles. The number of nitrogens with one attached hydrogen (secondary N) is 2. The van der Waals surface area contributed by atoms with E-state index in [1.165, 1.54) is 6.92 Å². The quantitative estimate of drug-likeness (QED) is 0.744. The number of carbonyl (C=O) groups excluding carboxylic acids is 1. The van der Waals surface area contributed by atoms with E-state index in [0.29, 0.717) is 13.2 Å². The van der Waals surface area contributed by atoms with Crippen LogP contribution in [0.5, 0.6) is 0 Å². The Balaban J connectivity index is 2.22. The molecule has 8 heteroatoms. The normalized spacial score (nSPS) is 23.1. The Morgan fingerprint density at radius 1 is 1.53 bits per heavy atom. The zero-order chi connectivity index (χ0) is 14.5. The molecule has 19 heavy (non-hydrogen) atoms. The maximum atomic E-state index is 11.9. The third kappa shape index (κ3) is 6.74. The van der Waals surface area contributed by atoms with Gasteiger partial charge in [0.25, 0.3) is 0 Å². The minimum atomic E-state index is -4.38. The van der Waals surface area contributed by atoms with Crippen molar-refractivity contribution in [1.29, 1.82) is 0 Å². The Hall–Kier alpha value is -0.860. The number of likely N-dealkylation sites (N-methyl/N-ethyl adjacent to an activating group) is 1. The first-order valence-electron chi connectivity index (χ1n) is 6.16. The van der Waals surface area contributed by atoms with E-state index in [1.807, 2.05) is 12.4 Å². The van der Waals surface area contributed by atoms with E-state index < -0.39 is 24.7 Å². The molecule has 0 aromatic rings. The van der Waals surface area contributed by atoms with Crippen molar-refractivity contribution in [3.63, 3.8) is 0 Å². The van der Waals surface area contributed by atoms with Crippen LogP contribution in [-0.2, 0) is 9.53 Å². The molecule has 0 aromatic heterocycles. The Kier molecular flexibility index (Phi) is 6.02. The van der Waals surface area contributed by atoms with Crippen LogP contribution in [0.3, 0.4) is 0 Å². The fraction of sp³-hybridized carbons (Fsp3) is 0.909. The highest BCUT2D eigenvalue weighted by atomic mass is 19.4. The summed E-state index contributed by atoms with van der Waals surface area (Å²) < 4.78 is 41.3. The van der Waals surface area contributed by atoms with Gasteiger partial charge < -0.3 is 20.3 Å². The third-order valence-corrected chi connectivity index (χ3v) is 2.85. The van der Waals surface area contributed by atoms with Gasteiger partial charge in [-0.1, -0.05) is 0 Å². The summed E-state index contributed by atoms with van der Waals surface area (Å²) in [5.41, 5.74) is 0. The van der Waals surface area contributed by atoms with Crippen LogP contribution in [0.1, 0.15) is 6.92 Å². The largest absolute Gasteiger partial charge is 0.405 e. The van der Waals surface area contributed by atoms with Crippen molar-refractivity contribution in [2.75, 3.05) is 39.8 Å². The smallest absolute Gasteiger partial charge is 0.374 e. The van der Waals surface area contributed by atoms with Crippen LogP contribution in [0.4, 0.5) is 13.2 Å². The lowest BCUT2D eigenvalue weighted by Crippen LogP contribution is -2.50. The Morgan fingerprint density at radius 2 is 2.21 bits per heavy atom. The molecule has 1 aliphatic heterocycles. The molecule has 0 spiro atoms. The van der Waals surface area contributed by atoms with Gasteiger partial charge in [-0.05, 0) is 14.0 Å².